The predicted octanol–water partition coefficient (Wildman–Crippen LogP) is 3.58. The van der Waals surface area contributed by atoms with Gasteiger partial charge in [-0.1, -0.05) is 32.0 Å². The fraction of sp³-hybridized carbons (Fsp3) is 0.636. The lowest BCUT2D eigenvalue weighted by Crippen LogP contribution is -2.50. The molecule has 1 unspecified atom stereocenters. The molecule has 29 heavy (non-hydrogen) atoms. The van der Waals surface area contributed by atoms with Crippen molar-refractivity contribution >= 4 is 35.8 Å². The molecule has 1 aliphatic rings. The topological polar surface area (TPSA) is 66.0 Å². The Morgan fingerprint density at radius 2 is 1.90 bits per heavy atom. The molecule has 1 aromatic rings. The fourth-order valence-electron chi connectivity index (χ4n) is 3.29. The summed E-state index contributed by atoms with van der Waals surface area (Å²) in [7, 11) is 0. The molecule has 7 heteroatoms. The number of rotatable bonds is 7. The van der Waals surface area contributed by atoms with Crippen LogP contribution in [0.25, 0.3) is 0 Å². The van der Waals surface area contributed by atoms with E-state index in [1.54, 1.807) is 0 Å². The molecule has 6 nitrogen and oxygen atoms in total. The van der Waals surface area contributed by atoms with E-state index >= 15 is 0 Å². The van der Waals surface area contributed by atoms with E-state index in [-0.39, 0.29) is 41.9 Å². The van der Waals surface area contributed by atoms with Crippen molar-refractivity contribution in [2.75, 3.05) is 26.2 Å². The predicted molar refractivity (Wildman–Crippen MR) is 130 cm³/mol. The van der Waals surface area contributed by atoms with Crippen molar-refractivity contribution in [3.05, 3.63) is 29.8 Å². The van der Waals surface area contributed by atoms with Gasteiger partial charge in [0, 0.05) is 31.6 Å². The van der Waals surface area contributed by atoms with Crippen LogP contribution in [0, 0.1) is 12.8 Å². The van der Waals surface area contributed by atoms with Gasteiger partial charge in [0.25, 0.3) is 0 Å². The third-order valence-electron chi connectivity index (χ3n) is 4.91. The SMILES string of the molecule is CCNC(=NCC(C)Oc1ccccc1C)NC1CCN(C(=O)C(C)C)CC1.I. The molecule has 1 saturated heterocycles. The zero-order valence-corrected chi connectivity index (χ0v) is 20.7. The highest BCUT2D eigenvalue weighted by atomic mass is 127. The Labute approximate surface area is 192 Å². The molecule has 1 atom stereocenters. The molecule has 0 bridgehead atoms. The molecule has 1 aliphatic heterocycles. The van der Waals surface area contributed by atoms with Gasteiger partial charge in [-0.3, -0.25) is 4.79 Å². The van der Waals surface area contributed by atoms with Crippen LogP contribution in [-0.4, -0.2) is 55.1 Å². The highest BCUT2D eigenvalue weighted by Gasteiger charge is 2.24. The van der Waals surface area contributed by atoms with Crippen LogP contribution in [0.5, 0.6) is 5.75 Å². The smallest absolute Gasteiger partial charge is 0.225 e. The average molecular weight is 516 g/mol. The number of nitrogens with one attached hydrogen (secondary N) is 2. The van der Waals surface area contributed by atoms with Gasteiger partial charge in [0.2, 0.25) is 5.91 Å². The van der Waals surface area contributed by atoms with E-state index in [1.807, 2.05) is 56.9 Å². The summed E-state index contributed by atoms with van der Waals surface area (Å²) in [6.07, 6.45) is 1.87. The number of halogens is 1. The van der Waals surface area contributed by atoms with Crippen LogP contribution in [0.4, 0.5) is 0 Å². The van der Waals surface area contributed by atoms with E-state index in [2.05, 4.69) is 17.6 Å². The van der Waals surface area contributed by atoms with Gasteiger partial charge in [-0.2, -0.15) is 0 Å². The lowest BCUT2D eigenvalue weighted by atomic mass is 10.0. The summed E-state index contributed by atoms with van der Waals surface area (Å²) in [4.78, 5) is 18.8. The van der Waals surface area contributed by atoms with E-state index in [9.17, 15) is 4.79 Å². The zero-order valence-electron chi connectivity index (χ0n) is 18.4. The van der Waals surface area contributed by atoms with Gasteiger partial charge in [0.1, 0.15) is 11.9 Å². The number of carbonyl (C=O) groups excluding carboxylic acids is 1. The van der Waals surface area contributed by atoms with Gasteiger partial charge in [-0.15, -0.1) is 24.0 Å². The van der Waals surface area contributed by atoms with Crippen LogP contribution in [0.2, 0.25) is 0 Å². The average Bonchev–Trinajstić information content (AvgIpc) is 2.68. The number of likely N-dealkylation sites (tertiary alicyclic amines) is 1. The summed E-state index contributed by atoms with van der Waals surface area (Å²) in [5, 5.41) is 6.84. The molecule has 1 amide bonds. The van der Waals surface area contributed by atoms with Crippen LogP contribution in [0.3, 0.4) is 0 Å². The second kappa shape index (κ2) is 12.9. The van der Waals surface area contributed by atoms with Crippen molar-refractivity contribution in [3.63, 3.8) is 0 Å². The van der Waals surface area contributed by atoms with Crippen molar-refractivity contribution in [1.82, 2.24) is 15.5 Å². The van der Waals surface area contributed by atoms with Crippen molar-refractivity contribution in [2.45, 2.75) is 59.6 Å². The van der Waals surface area contributed by atoms with Crippen LogP contribution in [0.15, 0.2) is 29.3 Å². The minimum atomic E-state index is -0.0120. The Hall–Kier alpha value is -1.51. The van der Waals surface area contributed by atoms with Crippen LogP contribution in [-0.2, 0) is 4.79 Å². The zero-order chi connectivity index (χ0) is 20.5. The number of benzene rings is 1. The molecule has 2 N–H and O–H groups in total. The first-order valence-corrected chi connectivity index (χ1v) is 10.5. The van der Waals surface area contributed by atoms with Crippen molar-refractivity contribution in [1.29, 1.82) is 0 Å². The first-order valence-electron chi connectivity index (χ1n) is 10.5. The molecule has 1 heterocycles. The number of hydrogen-bond acceptors (Lipinski definition) is 3. The lowest BCUT2D eigenvalue weighted by molar-refractivity contribution is -0.135. The number of guanidine groups is 1. The molecular weight excluding hydrogens is 479 g/mol. The summed E-state index contributed by atoms with van der Waals surface area (Å²) in [6, 6.07) is 8.37. The maximum atomic E-state index is 12.1. The number of ether oxygens (including phenoxy) is 1. The summed E-state index contributed by atoms with van der Waals surface area (Å²) >= 11 is 0. The second-order valence-electron chi connectivity index (χ2n) is 7.81. The first kappa shape index (κ1) is 25.5. The monoisotopic (exact) mass is 516 g/mol. The van der Waals surface area contributed by atoms with Gasteiger partial charge in [0.05, 0.1) is 6.54 Å². The second-order valence-corrected chi connectivity index (χ2v) is 7.81. The number of amides is 1. The quantitative estimate of drug-likeness (QED) is 0.331. The van der Waals surface area contributed by atoms with E-state index < -0.39 is 0 Å². The molecule has 1 fully saturated rings. The summed E-state index contributed by atoms with van der Waals surface area (Å²) in [6.45, 7) is 13.1. The molecule has 0 saturated carbocycles. The highest BCUT2D eigenvalue weighted by Crippen LogP contribution is 2.18. The van der Waals surface area contributed by atoms with Crippen molar-refractivity contribution < 1.29 is 9.53 Å². The summed E-state index contributed by atoms with van der Waals surface area (Å²) in [5.74, 6) is 2.04. The summed E-state index contributed by atoms with van der Waals surface area (Å²) < 4.78 is 6.02. The minimum absolute atomic E-state index is 0. The van der Waals surface area contributed by atoms with Gasteiger partial charge >= 0.3 is 0 Å². The number of nitrogens with zero attached hydrogens (tertiary/aromatic N) is 2. The molecule has 0 aromatic heterocycles. The number of aliphatic imine (C=N–C) groups is 1. The molecule has 0 aliphatic carbocycles. The molecule has 2 rings (SSSR count). The van der Waals surface area contributed by atoms with E-state index in [1.165, 1.54) is 0 Å². The number of hydrogen-bond donors (Lipinski definition) is 2. The minimum Gasteiger partial charge on any atom is -0.489 e. The van der Waals surface area contributed by atoms with Crippen LogP contribution < -0.4 is 15.4 Å². The Morgan fingerprint density at radius 3 is 2.48 bits per heavy atom. The largest absolute Gasteiger partial charge is 0.489 e. The third kappa shape index (κ3) is 8.40. The number of piperidine rings is 1. The first-order chi connectivity index (χ1) is 13.4. The Balaban J connectivity index is 0.00000420. The number of carbonyl (C=O) groups is 1. The van der Waals surface area contributed by atoms with Crippen LogP contribution in [0.1, 0.15) is 46.1 Å². The van der Waals surface area contributed by atoms with Crippen molar-refractivity contribution in [3.8, 4) is 5.75 Å². The number of aryl methyl sites for hydroxylation is 1. The lowest BCUT2D eigenvalue weighted by Gasteiger charge is -2.34. The normalized spacial score (nSPS) is 16.2. The van der Waals surface area contributed by atoms with Gasteiger partial charge in [-0.25, -0.2) is 4.99 Å². The molecule has 0 spiro atoms. The van der Waals surface area contributed by atoms with Gasteiger partial charge in [0.15, 0.2) is 5.96 Å². The Morgan fingerprint density at radius 1 is 1.24 bits per heavy atom. The maximum absolute atomic E-state index is 12.1. The van der Waals surface area contributed by atoms with Gasteiger partial charge < -0.3 is 20.3 Å². The third-order valence-corrected chi connectivity index (χ3v) is 4.91. The maximum Gasteiger partial charge on any atom is 0.225 e. The van der Waals surface area contributed by atoms with Crippen molar-refractivity contribution in [2.24, 2.45) is 10.9 Å². The summed E-state index contributed by atoms with van der Waals surface area (Å²) in [5.41, 5.74) is 1.13. The Kier molecular flexibility index (Phi) is 11.4. The van der Waals surface area contributed by atoms with E-state index in [0.717, 1.165) is 49.7 Å². The number of para-hydroxylation sites is 1. The highest BCUT2D eigenvalue weighted by molar-refractivity contribution is 14.0. The van der Waals surface area contributed by atoms with E-state index in [4.69, 9.17) is 9.73 Å². The molecule has 164 valence electrons. The van der Waals surface area contributed by atoms with E-state index in [0.29, 0.717) is 12.6 Å². The standard InChI is InChI=1S/C22H36N4O2.HI/c1-6-23-22(24-15-18(5)28-20-10-8-7-9-17(20)4)25-19-11-13-26(14-12-19)21(27)16(2)3;/h7-10,16,18-19H,6,11-15H2,1-5H3,(H2,23,24,25);1H. The Bertz CT molecular complexity index is 658. The molecular formula is C22H37IN4O2. The molecule has 0 radical (unpaired) electrons. The fourth-order valence-corrected chi connectivity index (χ4v) is 3.29. The van der Waals surface area contributed by atoms with Crippen LogP contribution >= 0.6 is 24.0 Å². The molecule has 1 aromatic carbocycles. The van der Waals surface area contributed by atoms with Gasteiger partial charge in [-0.05, 0) is 45.2 Å².